The summed E-state index contributed by atoms with van der Waals surface area (Å²) < 4.78 is 22.2. The summed E-state index contributed by atoms with van der Waals surface area (Å²) in [6, 6.07) is 12.5. The zero-order chi connectivity index (χ0) is 23.3. The van der Waals surface area contributed by atoms with Crippen LogP contribution in [0.15, 0.2) is 42.5 Å². The Bertz CT molecular complexity index is 1000. The van der Waals surface area contributed by atoms with Gasteiger partial charge in [0, 0.05) is 32.1 Å². The van der Waals surface area contributed by atoms with Gasteiger partial charge in [-0.1, -0.05) is 29.8 Å². The molecule has 1 fully saturated rings. The number of pyridine rings is 1. The molecule has 3 rings (SSSR count). The van der Waals surface area contributed by atoms with E-state index in [1.54, 1.807) is 30.3 Å². The predicted octanol–water partition coefficient (Wildman–Crippen LogP) is 3.65. The van der Waals surface area contributed by atoms with Gasteiger partial charge in [-0.3, -0.25) is 14.4 Å². The fourth-order valence-electron chi connectivity index (χ4n) is 3.24. The van der Waals surface area contributed by atoms with Crippen molar-refractivity contribution in [3.05, 3.63) is 47.6 Å². The predicted molar refractivity (Wildman–Crippen MR) is 118 cm³/mol. The third-order valence-electron chi connectivity index (χ3n) is 4.40. The molecule has 0 spiro atoms. The molecule has 0 N–H and O–H groups in total. The lowest BCUT2D eigenvalue weighted by molar-refractivity contribution is -0.186. The van der Waals surface area contributed by atoms with Crippen molar-refractivity contribution in [2.75, 3.05) is 5.75 Å². The van der Waals surface area contributed by atoms with Crippen LogP contribution in [0, 0.1) is 0 Å². The lowest BCUT2D eigenvalue weighted by atomic mass is 10.1. The van der Waals surface area contributed by atoms with Crippen LogP contribution in [0.4, 0.5) is 0 Å². The molecule has 1 aliphatic heterocycles. The minimum atomic E-state index is -1.01. The molecule has 170 valence electrons. The third-order valence-corrected chi connectivity index (χ3v) is 5.83. The van der Waals surface area contributed by atoms with Crippen LogP contribution in [0.25, 0.3) is 11.3 Å². The van der Waals surface area contributed by atoms with E-state index in [2.05, 4.69) is 4.98 Å². The number of hydrogen-bond donors (Lipinski definition) is 0. The average Bonchev–Trinajstić information content (AvgIpc) is 2.71. The smallest absolute Gasteiger partial charge is 0.303 e. The van der Waals surface area contributed by atoms with Crippen molar-refractivity contribution in [3.8, 4) is 17.0 Å². The van der Waals surface area contributed by atoms with Crippen molar-refractivity contribution in [2.24, 2.45) is 0 Å². The normalized spacial score (nSPS) is 22.5. The van der Waals surface area contributed by atoms with Gasteiger partial charge in [-0.15, -0.1) is 11.8 Å². The second-order valence-electron chi connectivity index (χ2n) is 6.99. The van der Waals surface area contributed by atoms with E-state index in [-0.39, 0.29) is 5.75 Å². The lowest BCUT2D eigenvalue weighted by Crippen LogP contribution is -2.55. The van der Waals surface area contributed by atoms with Crippen molar-refractivity contribution in [1.29, 1.82) is 0 Å². The van der Waals surface area contributed by atoms with Gasteiger partial charge in [0.1, 0.15) is 10.9 Å². The highest BCUT2D eigenvalue weighted by atomic mass is 35.5. The van der Waals surface area contributed by atoms with E-state index in [0.717, 1.165) is 5.56 Å². The van der Waals surface area contributed by atoms with Crippen LogP contribution >= 0.6 is 23.4 Å². The lowest BCUT2D eigenvalue weighted by Gasteiger charge is -2.39. The molecule has 0 amide bonds. The third kappa shape index (κ3) is 6.37. The summed E-state index contributed by atoms with van der Waals surface area (Å²) in [5.74, 6) is -0.928. The van der Waals surface area contributed by atoms with Crippen LogP contribution in [0.1, 0.15) is 20.8 Å². The molecular formula is C22H22ClNO7S. The molecule has 1 aromatic carbocycles. The topological polar surface area (TPSA) is 101 Å². The molecule has 8 nitrogen and oxygen atoms in total. The maximum atomic E-state index is 11.8. The van der Waals surface area contributed by atoms with Crippen LogP contribution < -0.4 is 4.74 Å². The van der Waals surface area contributed by atoms with E-state index in [1.165, 1.54) is 32.5 Å². The van der Waals surface area contributed by atoms with Crippen molar-refractivity contribution < 1.29 is 33.3 Å². The molecule has 0 aliphatic carbocycles. The highest BCUT2D eigenvalue weighted by Crippen LogP contribution is 2.35. The highest BCUT2D eigenvalue weighted by Gasteiger charge is 2.47. The van der Waals surface area contributed by atoms with Gasteiger partial charge in [0.15, 0.2) is 23.7 Å². The number of esters is 3. The van der Waals surface area contributed by atoms with Crippen molar-refractivity contribution >= 4 is 41.3 Å². The Labute approximate surface area is 194 Å². The molecule has 2 aromatic rings. The molecule has 1 aliphatic rings. The SMILES string of the molecule is CC(=O)O[C@@H]1[C@@H](OC(C)=O)[C@H](OC(C)=O)CS[C@H]1Oc1cccc(-c2cccc(Cl)n2)c1. The molecule has 0 saturated carbocycles. The van der Waals surface area contributed by atoms with Crippen LogP contribution in [0.2, 0.25) is 5.15 Å². The van der Waals surface area contributed by atoms with E-state index in [0.29, 0.717) is 16.6 Å². The first-order chi connectivity index (χ1) is 15.2. The number of aromatic nitrogens is 1. The number of hydrogen-bond acceptors (Lipinski definition) is 9. The quantitative estimate of drug-likeness (QED) is 0.349. The second kappa shape index (κ2) is 10.7. The molecule has 0 unspecified atom stereocenters. The van der Waals surface area contributed by atoms with Gasteiger partial charge >= 0.3 is 17.9 Å². The van der Waals surface area contributed by atoms with E-state index >= 15 is 0 Å². The second-order valence-corrected chi connectivity index (χ2v) is 8.51. The summed E-state index contributed by atoms with van der Waals surface area (Å²) in [5, 5.41) is 0.368. The molecule has 1 aromatic heterocycles. The van der Waals surface area contributed by atoms with Gasteiger partial charge < -0.3 is 18.9 Å². The Balaban J connectivity index is 1.87. The van der Waals surface area contributed by atoms with Gasteiger partial charge in [-0.2, -0.15) is 0 Å². The summed E-state index contributed by atoms with van der Waals surface area (Å²) in [4.78, 5) is 39.3. The maximum absolute atomic E-state index is 11.8. The number of nitrogens with zero attached hydrogens (tertiary/aromatic N) is 1. The van der Waals surface area contributed by atoms with Crippen molar-refractivity contribution in [3.63, 3.8) is 0 Å². The number of halogens is 1. The van der Waals surface area contributed by atoms with Crippen LogP contribution in [0.5, 0.6) is 5.75 Å². The first-order valence-corrected chi connectivity index (χ1v) is 11.2. The summed E-state index contributed by atoms with van der Waals surface area (Å²) in [6.45, 7) is 3.73. The van der Waals surface area contributed by atoms with Crippen molar-refractivity contribution in [2.45, 2.75) is 44.5 Å². The Kier molecular flexibility index (Phi) is 7.98. The molecule has 32 heavy (non-hydrogen) atoms. The minimum absolute atomic E-state index is 0.287. The van der Waals surface area contributed by atoms with E-state index in [1.807, 2.05) is 12.1 Å². The first-order valence-electron chi connectivity index (χ1n) is 9.76. The molecule has 0 radical (unpaired) electrons. The largest absolute Gasteiger partial charge is 0.476 e. The van der Waals surface area contributed by atoms with Gasteiger partial charge in [-0.25, -0.2) is 4.98 Å². The summed E-state index contributed by atoms with van der Waals surface area (Å²) in [5.41, 5.74) is 0.741. The summed E-state index contributed by atoms with van der Waals surface area (Å²) >= 11 is 7.28. The Morgan fingerprint density at radius 1 is 0.938 bits per heavy atom. The fraction of sp³-hybridized carbons (Fsp3) is 0.364. The number of rotatable bonds is 6. The standard InChI is InChI=1S/C22H22ClNO7S/c1-12(25)28-18-11-32-22(21(30-14(3)27)20(18)29-13(2)26)31-16-7-4-6-15(10-16)17-8-5-9-19(23)24-17/h4-10,18,20-22H,11H2,1-3H3/t18-,20+,21-,22-/m1/s1. The fourth-order valence-corrected chi connectivity index (χ4v) is 4.62. The van der Waals surface area contributed by atoms with Crippen LogP contribution in [-0.4, -0.2) is 52.4 Å². The molecule has 0 bridgehead atoms. The van der Waals surface area contributed by atoms with Gasteiger partial charge in [-0.05, 0) is 24.3 Å². The molecular weight excluding hydrogens is 458 g/mol. The molecule has 2 heterocycles. The Morgan fingerprint density at radius 3 is 2.25 bits per heavy atom. The molecule has 1 saturated heterocycles. The first kappa shape index (κ1) is 23.9. The minimum Gasteiger partial charge on any atom is -0.476 e. The average molecular weight is 480 g/mol. The Morgan fingerprint density at radius 2 is 1.59 bits per heavy atom. The zero-order valence-electron chi connectivity index (χ0n) is 17.6. The number of carbonyl (C=O) groups is 3. The Hall–Kier alpha value is -2.78. The van der Waals surface area contributed by atoms with Gasteiger partial charge in [0.05, 0.1) is 5.69 Å². The van der Waals surface area contributed by atoms with Crippen LogP contribution in [0.3, 0.4) is 0 Å². The van der Waals surface area contributed by atoms with E-state index < -0.39 is 41.7 Å². The summed E-state index contributed by atoms with van der Waals surface area (Å²) in [6.07, 6.45) is -2.79. The number of carbonyl (C=O) groups excluding carboxylic acids is 3. The molecule has 4 atom stereocenters. The number of ether oxygens (including phenoxy) is 4. The van der Waals surface area contributed by atoms with Gasteiger partial charge in [0.25, 0.3) is 0 Å². The highest BCUT2D eigenvalue weighted by molar-refractivity contribution is 7.99. The maximum Gasteiger partial charge on any atom is 0.303 e. The summed E-state index contributed by atoms with van der Waals surface area (Å²) in [7, 11) is 0. The zero-order valence-corrected chi connectivity index (χ0v) is 19.2. The van der Waals surface area contributed by atoms with E-state index in [4.69, 9.17) is 30.5 Å². The molecule has 10 heteroatoms. The number of benzene rings is 1. The monoisotopic (exact) mass is 479 g/mol. The van der Waals surface area contributed by atoms with Crippen molar-refractivity contribution in [1.82, 2.24) is 4.98 Å². The van der Waals surface area contributed by atoms with Gasteiger partial charge in [0.2, 0.25) is 0 Å². The van der Waals surface area contributed by atoms with E-state index in [9.17, 15) is 14.4 Å². The van der Waals surface area contributed by atoms with Crippen LogP contribution in [-0.2, 0) is 28.6 Å². The number of thioether (sulfide) groups is 1.